The SMILES string of the molecule is CCC[C@H]([O])F. The third kappa shape index (κ3) is 3.89. The Labute approximate surface area is 36.8 Å². The zero-order valence-electron chi connectivity index (χ0n) is 3.78. The molecule has 0 aromatic rings. The molecular formula is C4H8FO. The molecule has 0 amide bonds. The fourth-order valence-corrected chi connectivity index (χ4v) is 0.227. The summed E-state index contributed by atoms with van der Waals surface area (Å²) < 4.78 is 11.1. The zero-order chi connectivity index (χ0) is 4.99. The lowest BCUT2D eigenvalue weighted by Gasteiger charge is -1.88. The average molecular weight is 91.1 g/mol. The first-order chi connectivity index (χ1) is 2.77. The van der Waals surface area contributed by atoms with Crippen LogP contribution in [0.25, 0.3) is 0 Å². The molecule has 0 aliphatic heterocycles. The molecule has 1 radical (unpaired) electrons. The van der Waals surface area contributed by atoms with Gasteiger partial charge in [0, 0.05) is 6.42 Å². The van der Waals surface area contributed by atoms with Gasteiger partial charge in [-0.25, -0.2) is 4.39 Å². The molecule has 1 atom stereocenters. The highest BCUT2D eigenvalue weighted by atomic mass is 19.1. The standard InChI is InChI=1S/C4H8FO/c1-2-3-4(5)6/h4H,2-3H2,1H3/t4-/m0/s1. The lowest BCUT2D eigenvalue weighted by atomic mass is 10.3. The van der Waals surface area contributed by atoms with Gasteiger partial charge in [0.05, 0.1) is 0 Å². The molecule has 0 bridgehead atoms. The van der Waals surface area contributed by atoms with Crippen molar-refractivity contribution >= 4 is 0 Å². The van der Waals surface area contributed by atoms with Gasteiger partial charge in [-0.1, -0.05) is 13.3 Å². The Kier molecular flexibility index (Phi) is 3.04. The Hall–Kier alpha value is -0.110. The van der Waals surface area contributed by atoms with Gasteiger partial charge in [-0.3, -0.25) is 0 Å². The predicted octanol–water partition coefficient (Wildman–Crippen LogP) is 1.51. The van der Waals surface area contributed by atoms with Gasteiger partial charge in [-0.15, -0.1) is 0 Å². The highest BCUT2D eigenvalue weighted by Gasteiger charge is 1.95. The van der Waals surface area contributed by atoms with Gasteiger partial charge in [-0.05, 0) is 0 Å². The smallest absolute Gasteiger partial charge is 0.213 e. The number of alkyl halides is 1. The van der Waals surface area contributed by atoms with Gasteiger partial charge in [0.15, 0.2) is 0 Å². The van der Waals surface area contributed by atoms with E-state index in [1.54, 1.807) is 6.92 Å². The summed E-state index contributed by atoms with van der Waals surface area (Å²) in [4.78, 5) is 0. The summed E-state index contributed by atoms with van der Waals surface area (Å²) >= 11 is 0. The second-order valence-corrected chi connectivity index (χ2v) is 1.20. The normalized spacial score (nSPS) is 14.5. The van der Waals surface area contributed by atoms with Gasteiger partial charge >= 0.3 is 0 Å². The molecule has 0 unspecified atom stereocenters. The van der Waals surface area contributed by atoms with Crippen LogP contribution in [0.4, 0.5) is 4.39 Å². The van der Waals surface area contributed by atoms with Crippen LogP contribution < -0.4 is 0 Å². The van der Waals surface area contributed by atoms with E-state index in [1.807, 2.05) is 0 Å². The van der Waals surface area contributed by atoms with E-state index in [-0.39, 0.29) is 6.42 Å². The van der Waals surface area contributed by atoms with Crippen molar-refractivity contribution in [2.75, 3.05) is 0 Å². The fraction of sp³-hybridized carbons (Fsp3) is 1.00. The van der Waals surface area contributed by atoms with E-state index in [1.165, 1.54) is 0 Å². The molecule has 2 heteroatoms. The van der Waals surface area contributed by atoms with Crippen LogP contribution in [0.15, 0.2) is 0 Å². The second kappa shape index (κ2) is 3.09. The molecule has 0 aromatic heterocycles. The van der Waals surface area contributed by atoms with E-state index in [0.717, 1.165) is 0 Å². The minimum Gasteiger partial charge on any atom is -0.213 e. The maximum atomic E-state index is 11.1. The molecule has 0 fully saturated rings. The van der Waals surface area contributed by atoms with Crippen molar-refractivity contribution in [2.45, 2.75) is 26.1 Å². The van der Waals surface area contributed by atoms with E-state index in [0.29, 0.717) is 6.42 Å². The highest BCUT2D eigenvalue weighted by Crippen LogP contribution is 1.95. The van der Waals surface area contributed by atoms with Crippen molar-refractivity contribution in [3.63, 3.8) is 0 Å². The Morgan fingerprint density at radius 1 is 1.83 bits per heavy atom. The van der Waals surface area contributed by atoms with Crippen LogP contribution >= 0.6 is 0 Å². The van der Waals surface area contributed by atoms with Gasteiger partial charge in [0.2, 0.25) is 6.36 Å². The third-order valence-corrected chi connectivity index (χ3v) is 0.516. The van der Waals surface area contributed by atoms with Crippen LogP contribution in [0.3, 0.4) is 0 Å². The summed E-state index contributed by atoms with van der Waals surface area (Å²) in [6.45, 7) is 1.78. The van der Waals surface area contributed by atoms with E-state index in [9.17, 15) is 9.50 Å². The van der Waals surface area contributed by atoms with Crippen molar-refractivity contribution in [1.82, 2.24) is 0 Å². The van der Waals surface area contributed by atoms with Crippen LogP contribution in [-0.2, 0) is 5.11 Å². The Bertz CT molecular complexity index is 28.7. The fourth-order valence-electron chi connectivity index (χ4n) is 0.227. The molecule has 0 heterocycles. The molecule has 0 rings (SSSR count). The number of halogens is 1. The van der Waals surface area contributed by atoms with Crippen molar-refractivity contribution in [1.29, 1.82) is 0 Å². The first-order valence-electron chi connectivity index (χ1n) is 2.07. The number of hydrogen-bond donors (Lipinski definition) is 0. The molecule has 0 saturated heterocycles. The summed E-state index contributed by atoms with van der Waals surface area (Å²) in [6.07, 6.45) is -1.06. The largest absolute Gasteiger partial charge is 0.231 e. The minimum atomic E-state index is -1.85. The van der Waals surface area contributed by atoms with Gasteiger partial charge in [0.25, 0.3) is 0 Å². The second-order valence-electron chi connectivity index (χ2n) is 1.20. The van der Waals surface area contributed by atoms with Crippen LogP contribution in [-0.4, -0.2) is 6.36 Å². The molecule has 0 spiro atoms. The van der Waals surface area contributed by atoms with E-state index < -0.39 is 6.36 Å². The number of rotatable bonds is 2. The van der Waals surface area contributed by atoms with E-state index in [2.05, 4.69) is 0 Å². The van der Waals surface area contributed by atoms with Crippen LogP contribution in [0, 0.1) is 0 Å². The lowest BCUT2D eigenvalue weighted by molar-refractivity contribution is -0.0283. The van der Waals surface area contributed by atoms with Crippen molar-refractivity contribution in [3.8, 4) is 0 Å². The lowest BCUT2D eigenvalue weighted by Crippen LogP contribution is -1.90. The molecular weight excluding hydrogens is 83.0 g/mol. The predicted molar refractivity (Wildman–Crippen MR) is 20.5 cm³/mol. The number of hydrogen-bond acceptors (Lipinski definition) is 0. The molecule has 0 aromatic carbocycles. The summed E-state index contributed by atoms with van der Waals surface area (Å²) in [7, 11) is 0. The molecule has 37 valence electrons. The molecule has 0 N–H and O–H groups in total. The van der Waals surface area contributed by atoms with E-state index >= 15 is 0 Å². The summed E-state index contributed by atoms with van der Waals surface area (Å²) in [5.41, 5.74) is 0. The van der Waals surface area contributed by atoms with Gasteiger partial charge in [-0.2, -0.15) is 5.11 Å². The van der Waals surface area contributed by atoms with Gasteiger partial charge in [0.1, 0.15) is 0 Å². The molecule has 0 saturated carbocycles. The summed E-state index contributed by atoms with van der Waals surface area (Å²) in [5, 5.41) is 9.46. The van der Waals surface area contributed by atoms with Crippen LogP contribution in [0.1, 0.15) is 19.8 Å². The Balaban J connectivity index is 2.63. The maximum Gasteiger partial charge on any atom is 0.231 e. The van der Waals surface area contributed by atoms with Crippen molar-refractivity contribution < 1.29 is 9.50 Å². The van der Waals surface area contributed by atoms with Crippen LogP contribution in [0.5, 0.6) is 0 Å². The monoisotopic (exact) mass is 91.1 g/mol. The van der Waals surface area contributed by atoms with Gasteiger partial charge < -0.3 is 0 Å². The van der Waals surface area contributed by atoms with Crippen molar-refractivity contribution in [2.24, 2.45) is 0 Å². The minimum absolute atomic E-state index is 0.153. The topological polar surface area (TPSA) is 19.9 Å². The summed E-state index contributed by atoms with van der Waals surface area (Å²) in [6, 6.07) is 0. The summed E-state index contributed by atoms with van der Waals surface area (Å²) in [5.74, 6) is 0. The Morgan fingerprint density at radius 3 is 2.33 bits per heavy atom. The molecule has 6 heavy (non-hydrogen) atoms. The maximum absolute atomic E-state index is 11.1. The Morgan fingerprint density at radius 2 is 2.33 bits per heavy atom. The van der Waals surface area contributed by atoms with Crippen molar-refractivity contribution in [3.05, 3.63) is 0 Å². The van der Waals surface area contributed by atoms with E-state index in [4.69, 9.17) is 0 Å². The molecule has 1 nitrogen and oxygen atoms in total. The molecule has 0 aliphatic rings. The quantitative estimate of drug-likeness (QED) is 0.491. The molecule has 0 aliphatic carbocycles. The first kappa shape index (κ1) is 5.89. The van der Waals surface area contributed by atoms with Crippen LogP contribution in [0.2, 0.25) is 0 Å². The first-order valence-corrected chi connectivity index (χ1v) is 2.07. The zero-order valence-corrected chi connectivity index (χ0v) is 3.78. The highest BCUT2D eigenvalue weighted by molar-refractivity contribution is 4.31. The average Bonchev–Trinajstić information content (AvgIpc) is 1.35. The third-order valence-electron chi connectivity index (χ3n) is 0.516.